The minimum atomic E-state index is -0.508. The third kappa shape index (κ3) is 2.93. The number of nitrogens with one attached hydrogen (secondary N) is 1. The number of hydrazine groups is 1. The summed E-state index contributed by atoms with van der Waals surface area (Å²) in [7, 11) is 0. The van der Waals surface area contributed by atoms with Crippen LogP contribution in [-0.4, -0.2) is 0 Å². The standard InChI is InChI=1S/C13H10BrCl2FN2/c14-8-4-2-5-9(15)11(8)13(19-18)7-3-1-6-10(17)12(7)16/h1-6,13,19H,18H2. The van der Waals surface area contributed by atoms with Crippen LogP contribution in [0.3, 0.4) is 0 Å². The number of benzene rings is 2. The molecule has 0 aliphatic rings. The van der Waals surface area contributed by atoms with Crippen LogP contribution >= 0.6 is 39.1 Å². The van der Waals surface area contributed by atoms with Crippen LogP contribution < -0.4 is 11.3 Å². The Bertz CT molecular complexity index is 587. The van der Waals surface area contributed by atoms with E-state index >= 15 is 0 Å². The van der Waals surface area contributed by atoms with Gasteiger partial charge >= 0.3 is 0 Å². The van der Waals surface area contributed by atoms with Crippen LogP contribution in [0.5, 0.6) is 0 Å². The maximum absolute atomic E-state index is 13.5. The molecule has 0 amide bonds. The van der Waals surface area contributed by atoms with Crippen LogP contribution in [0.15, 0.2) is 40.9 Å². The van der Waals surface area contributed by atoms with Gasteiger partial charge in [-0.15, -0.1) is 0 Å². The molecule has 1 unspecified atom stereocenters. The molecule has 3 N–H and O–H groups in total. The van der Waals surface area contributed by atoms with Gasteiger partial charge in [0.05, 0.1) is 11.1 Å². The summed E-state index contributed by atoms with van der Waals surface area (Å²) in [6.07, 6.45) is 0. The number of halogens is 4. The van der Waals surface area contributed by atoms with Crippen molar-refractivity contribution in [2.45, 2.75) is 6.04 Å². The molecular formula is C13H10BrCl2FN2. The lowest BCUT2D eigenvalue weighted by Crippen LogP contribution is -2.29. The second-order valence-electron chi connectivity index (χ2n) is 3.88. The monoisotopic (exact) mass is 362 g/mol. The van der Waals surface area contributed by atoms with E-state index in [1.807, 2.05) is 6.07 Å². The molecule has 0 aromatic heterocycles. The van der Waals surface area contributed by atoms with Gasteiger partial charge in [0.1, 0.15) is 5.82 Å². The summed E-state index contributed by atoms with van der Waals surface area (Å²) in [5, 5.41) is 0.537. The molecule has 0 aliphatic carbocycles. The average Bonchev–Trinajstić information content (AvgIpc) is 2.38. The normalized spacial score (nSPS) is 12.5. The zero-order valence-corrected chi connectivity index (χ0v) is 12.7. The first-order chi connectivity index (χ1) is 9.06. The number of nitrogens with two attached hydrogens (primary N) is 1. The Morgan fingerprint density at radius 2 is 1.84 bits per heavy atom. The van der Waals surface area contributed by atoms with Crippen LogP contribution in [0, 0.1) is 5.82 Å². The minimum absolute atomic E-state index is 0.0252. The largest absolute Gasteiger partial charge is 0.271 e. The van der Waals surface area contributed by atoms with E-state index in [1.54, 1.807) is 24.3 Å². The van der Waals surface area contributed by atoms with E-state index < -0.39 is 11.9 Å². The van der Waals surface area contributed by atoms with Crippen LogP contribution in [-0.2, 0) is 0 Å². The smallest absolute Gasteiger partial charge is 0.142 e. The van der Waals surface area contributed by atoms with Crippen molar-refractivity contribution in [3.63, 3.8) is 0 Å². The lowest BCUT2D eigenvalue weighted by Gasteiger charge is -2.21. The molecule has 19 heavy (non-hydrogen) atoms. The van der Waals surface area contributed by atoms with Crippen molar-refractivity contribution in [3.05, 3.63) is 67.9 Å². The van der Waals surface area contributed by atoms with Crippen LogP contribution in [0.1, 0.15) is 17.2 Å². The van der Waals surface area contributed by atoms with Crippen molar-refractivity contribution in [1.29, 1.82) is 0 Å². The van der Waals surface area contributed by atoms with Crippen molar-refractivity contribution in [3.8, 4) is 0 Å². The van der Waals surface area contributed by atoms with E-state index in [9.17, 15) is 4.39 Å². The lowest BCUT2D eigenvalue weighted by molar-refractivity contribution is 0.605. The van der Waals surface area contributed by atoms with Crippen LogP contribution in [0.2, 0.25) is 10.0 Å². The second kappa shape index (κ2) is 6.20. The Kier molecular flexibility index (Phi) is 4.81. The molecule has 2 nitrogen and oxygen atoms in total. The van der Waals surface area contributed by atoms with Crippen LogP contribution in [0.4, 0.5) is 4.39 Å². The molecule has 0 saturated heterocycles. The first-order valence-corrected chi connectivity index (χ1v) is 6.95. The molecule has 0 saturated carbocycles. The van der Waals surface area contributed by atoms with Gasteiger partial charge in [-0.25, -0.2) is 9.82 Å². The van der Waals surface area contributed by atoms with Gasteiger partial charge in [-0.1, -0.05) is 57.3 Å². The van der Waals surface area contributed by atoms with Crippen molar-refractivity contribution >= 4 is 39.1 Å². The van der Waals surface area contributed by atoms with E-state index in [0.717, 1.165) is 4.47 Å². The SMILES string of the molecule is NNC(c1cccc(F)c1Cl)c1c(Cl)cccc1Br. The summed E-state index contributed by atoms with van der Waals surface area (Å²) in [4.78, 5) is 0. The van der Waals surface area contributed by atoms with Crippen molar-refractivity contribution in [1.82, 2.24) is 5.43 Å². The van der Waals surface area contributed by atoms with Gasteiger partial charge < -0.3 is 0 Å². The summed E-state index contributed by atoms with van der Waals surface area (Å²) in [5.41, 5.74) is 3.85. The number of hydrogen-bond acceptors (Lipinski definition) is 2. The Balaban J connectivity index is 2.60. The second-order valence-corrected chi connectivity index (χ2v) is 5.52. The summed E-state index contributed by atoms with van der Waals surface area (Å²) >= 11 is 15.6. The van der Waals surface area contributed by atoms with E-state index in [-0.39, 0.29) is 5.02 Å². The van der Waals surface area contributed by atoms with Crippen molar-refractivity contribution < 1.29 is 4.39 Å². The fourth-order valence-corrected chi connectivity index (χ4v) is 3.09. The Morgan fingerprint density at radius 1 is 1.16 bits per heavy atom. The fourth-order valence-electron chi connectivity index (χ4n) is 1.86. The Morgan fingerprint density at radius 3 is 2.47 bits per heavy atom. The van der Waals surface area contributed by atoms with E-state index in [1.165, 1.54) is 6.07 Å². The third-order valence-electron chi connectivity index (χ3n) is 2.75. The Labute approximate surface area is 128 Å². The van der Waals surface area contributed by atoms with E-state index in [2.05, 4.69) is 21.4 Å². The first-order valence-electron chi connectivity index (χ1n) is 5.40. The zero-order chi connectivity index (χ0) is 14.0. The third-order valence-corrected chi connectivity index (χ3v) is 4.17. The summed E-state index contributed by atoms with van der Waals surface area (Å²) < 4.78 is 14.3. The molecule has 2 aromatic carbocycles. The van der Waals surface area contributed by atoms with Crippen molar-refractivity contribution in [2.24, 2.45) is 5.84 Å². The van der Waals surface area contributed by atoms with Gasteiger partial charge in [-0.05, 0) is 23.8 Å². The van der Waals surface area contributed by atoms with Gasteiger partial charge in [-0.2, -0.15) is 0 Å². The summed E-state index contributed by atoms with van der Waals surface area (Å²) in [6, 6.07) is 9.43. The molecule has 2 rings (SSSR count). The molecule has 0 spiro atoms. The highest BCUT2D eigenvalue weighted by molar-refractivity contribution is 9.10. The average molecular weight is 364 g/mol. The molecule has 100 valence electrons. The molecule has 6 heteroatoms. The number of rotatable bonds is 3. The quantitative estimate of drug-likeness (QED) is 0.624. The predicted octanol–water partition coefficient (Wildman–Crippen LogP) is 4.45. The highest BCUT2D eigenvalue weighted by Gasteiger charge is 2.22. The minimum Gasteiger partial charge on any atom is -0.271 e. The van der Waals surface area contributed by atoms with Gasteiger partial charge in [-0.3, -0.25) is 5.84 Å². The fraction of sp³-hybridized carbons (Fsp3) is 0.0769. The molecule has 0 bridgehead atoms. The van der Waals surface area contributed by atoms with Gasteiger partial charge in [0.2, 0.25) is 0 Å². The van der Waals surface area contributed by atoms with E-state index in [0.29, 0.717) is 16.1 Å². The first kappa shape index (κ1) is 14.8. The maximum atomic E-state index is 13.5. The number of hydrogen-bond donors (Lipinski definition) is 2. The summed E-state index contributed by atoms with van der Waals surface area (Å²) in [6.45, 7) is 0. The van der Waals surface area contributed by atoms with Crippen molar-refractivity contribution in [2.75, 3.05) is 0 Å². The molecule has 0 radical (unpaired) electrons. The topological polar surface area (TPSA) is 38.0 Å². The molecule has 0 fully saturated rings. The van der Waals surface area contributed by atoms with Crippen LogP contribution in [0.25, 0.3) is 0 Å². The lowest BCUT2D eigenvalue weighted by atomic mass is 9.99. The maximum Gasteiger partial charge on any atom is 0.142 e. The molecule has 1 atom stereocenters. The molecule has 0 heterocycles. The Hall–Kier alpha value is -0.650. The van der Waals surface area contributed by atoms with Gasteiger partial charge in [0, 0.05) is 15.1 Å². The van der Waals surface area contributed by atoms with Gasteiger partial charge in [0.15, 0.2) is 0 Å². The zero-order valence-electron chi connectivity index (χ0n) is 9.63. The molecule has 2 aromatic rings. The predicted molar refractivity (Wildman–Crippen MR) is 79.7 cm³/mol. The van der Waals surface area contributed by atoms with Gasteiger partial charge in [0.25, 0.3) is 0 Å². The molecular weight excluding hydrogens is 354 g/mol. The highest BCUT2D eigenvalue weighted by Crippen LogP contribution is 2.36. The molecule has 0 aliphatic heterocycles. The highest BCUT2D eigenvalue weighted by atomic mass is 79.9. The van der Waals surface area contributed by atoms with E-state index in [4.69, 9.17) is 29.0 Å². The summed E-state index contributed by atoms with van der Waals surface area (Å²) in [5.74, 6) is 5.09.